The molecule has 0 saturated heterocycles. The summed E-state index contributed by atoms with van der Waals surface area (Å²) in [5.74, 6) is 3.28. The van der Waals surface area contributed by atoms with Crippen LogP contribution in [0.15, 0.2) is 24.3 Å². The van der Waals surface area contributed by atoms with E-state index in [1.165, 1.54) is 0 Å². The fourth-order valence-corrected chi connectivity index (χ4v) is 1.34. The first-order chi connectivity index (χ1) is 5.88. The number of terminal acetylenes is 1. The molecule has 2 heteroatoms. The molecule has 0 saturated carbocycles. The Hall–Kier alpha value is -0.940. The first-order valence-corrected chi connectivity index (χ1v) is 4.70. The second-order valence-electron chi connectivity index (χ2n) is 2.23. The predicted octanol–water partition coefficient (Wildman–Crippen LogP) is 2.59. The minimum atomic E-state index is 0.323. The summed E-state index contributed by atoms with van der Waals surface area (Å²) >= 11 is 3.37. The second kappa shape index (κ2) is 4.84. The van der Waals surface area contributed by atoms with Crippen LogP contribution in [0.4, 0.5) is 0 Å². The topological polar surface area (TPSA) is 9.23 Å². The molecule has 0 atom stereocenters. The van der Waals surface area contributed by atoms with Gasteiger partial charge >= 0.3 is 0 Å². The van der Waals surface area contributed by atoms with Gasteiger partial charge in [0.25, 0.3) is 0 Å². The van der Waals surface area contributed by atoms with Gasteiger partial charge in [0.2, 0.25) is 0 Å². The van der Waals surface area contributed by atoms with Crippen molar-refractivity contribution in [2.45, 2.75) is 5.33 Å². The summed E-state index contributed by atoms with van der Waals surface area (Å²) in [6, 6.07) is 7.81. The zero-order valence-corrected chi connectivity index (χ0v) is 8.17. The highest BCUT2D eigenvalue weighted by Crippen LogP contribution is 2.19. The van der Waals surface area contributed by atoms with E-state index in [2.05, 4.69) is 21.9 Å². The molecule has 0 fully saturated rings. The Labute approximate surface area is 80.9 Å². The number of para-hydroxylation sites is 1. The number of rotatable bonds is 3. The SMILES string of the molecule is C#CCOc1ccccc1CBr. The second-order valence-corrected chi connectivity index (χ2v) is 2.79. The maximum absolute atomic E-state index is 5.31. The van der Waals surface area contributed by atoms with Crippen LogP contribution in [0.5, 0.6) is 5.75 Å². The number of hydrogen-bond acceptors (Lipinski definition) is 1. The van der Waals surface area contributed by atoms with Crippen molar-refractivity contribution in [2.75, 3.05) is 6.61 Å². The summed E-state index contributed by atoms with van der Waals surface area (Å²) in [6.07, 6.45) is 5.08. The maximum Gasteiger partial charge on any atom is 0.148 e. The van der Waals surface area contributed by atoms with Crippen LogP contribution in [0.1, 0.15) is 5.56 Å². The summed E-state index contributed by atoms with van der Waals surface area (Å²) in [5.41, 5.74) is 1.12. The highest BCUT2D eigenvalue weighted by atomic mass is 79.9. The molecule has 1 aromatic carbocycles. The molecule has 62 valence electrons. The summed E-state index contributed by atoms with van der Waals surface area (Å²) in [5, 5.41) is 0.785. The van der Waals surface area contributed by atoms with Gasteiger partial charge < -0.3 is 4.74 Å². The molecule has 0 aromatic heterocycles. The Morgan fingerprint density at radius 2 is 2.17 bits per heavy atom. The third-order valence-corrected chi connectivity index (χ3v) is 2.03. The summed E-state index contributed by atoms with van der Waals surface area (Å²) in [6.45, 7) is 0.323. The van der Waals surface area contributed by atoms with Crippen molar-refractivity contribution in [2.24, 2.45) is 0 Å². The van der Waals surface area contributed by atoms with Gasteiger partial charge in [-0.15, -0.1) is 6.42 Å². The minimum absolute atomic E-state index is 0.323. The van der Waals surface area contributed by atoms with E-state index in [-0.39, 0.29) is 0 Å². The third kappa shape index (κ3) is 2.28. The predicted molar refractivity (Wildman–Crippen MR) is 53.4 cm³/mol. The van der Waals surface area contributed by atoms with E-state index in [0.717, 1.165) is 16.6 Å². The van der Waals surface area contributed by atoms with Crippen molar-refractivity contribution in [3.05, 3.63) is 29.8 Å². The fourth-order valence-electron chi connectivity index (χ4n) is 0.874. The number of benzene rings is 1. The van der Waals surface area contributed by atoms with Gasteiger partial charge in [0.1, 0.15) is 12.4 Å². The Morgan fingerprint density at radius 3 is 2.83 bits per heavy atom. The smallest absolute Gasteiger partial charge is 0.148 e. The molecule has 0 aliphatic heterocycles. The average molecular weight is 225 g/mol. The lowest BCUT2D eigenvalue weighted by atomic mass is 10.2. The summed E-state index contributed by atoms with van der Waals surface area (Å²) in [7, 11) is 0. The van der Waals surface area contributed by atoms with Gasteiger partial charge in [0.05, 0.1) is 0 Å². The van der Waals surface area contributed by atoms with Crippen LogP contribution < -0.4 is 4.74 Å². The van der Waals surface area contributed by atoms with Crippen molar-refractivity contribution < 1.29 is 4.74 Å². The van der Waals surface area contributed by atoms with Crippen molar-refractivity contribution in [3.63, 3.8) is 0 Å². The van der Waals surface area contributed by atoms with E-state index in [9.17, 15) is 0 Å². The van der Waals surface area contributed by atoms with Crippen LogP contribution in [-0.4, -0.2) is 6.61 Å². The summed E-state index contributed by atoms with van der Waals surface area (Å²) < 4.78 is 5.31. The quantitative estimate of drug-likeness (QED) is 0.567. The molecule has 0 unspecified atom stereocenters. The van der Waals surface area contributed by atoms with Crippen LogP contribution in [0.2, 0.25) is 0 Å². The van der Waals surface area contributed by atoms with E-state index < -0.39 is 0 Å². The minimum Gasteiger partial charge on any atom is -0.481 e. The third-order valence-electron chi connectivity index (χ3n) is 1.43. The Kier molecular flexibility index (Phi) is 3.69. The molecule has 0 radical (unpaired) electrons. The van der Waals surface area contributed by atoms with E-state index in [1.54, 1.807) is 0 Å². The van der Waals surface area contributed by atoms with Gasteiger partial charge in [0, 0.05) is 10.9 Å². The van der Waals surface area contributed by atoms with Gasteiger partial charge in [-0.3, -0.25) is 0 Å². The van der Waals surface area contributed by atoms with Crippen LogP contribution in [0, 0.1) is 12.3 Å². The Bertz CT molecular complexity index is 288. The van der Waals surface area contributed by atoms with E-state index in [0.29, 0.717) is 6.61 Å². The Balaban J connectivity index is 2.76. The lowest BCUT2D eigenvalue weighted by Gasteiger charge is -2.05. The molecule has 0 N–H and O–H groups in total. The Morgan fingerprint density at radius 1 is 1.42 bits per heavy atom. The van der Waals surface area contributed by atoms with Crippen molar-refractivity contribution in [1.29, 1.82) is 0 Å². The van der Waals surface area contributed by atoms with Gasteiger partial charge in [-0.25, -0.2) is 0 Å². The highest BCUT2D eigenvalue weighted by Gasteiger charge is 1.98. The largest absolute Gasteiger partial charge is 0.481 e. The molecule has 0 aliphatic rings. The van der Waals surface area contributed by atoms with E-state index in [4.69, 9.17) is 11.2 Å². The molecule has 1 rings (SSSR count). The van der Waals surface area contributed by atoms with Crippen LogP contribution >= 0.6 is 15.9 Å². The van der Waals surface area contributed by atoms with Gasteiger partial charge in [-0.1, -0.05) is 40.0 Å². The van der Waals surface area contributed by atoms with Gasteiger partial charge in [0.15, 0.2) is 0 Å². The van der Waals surface area contributed by atoms with Gasteiger partial charge in [-0.2, -0.15) is 0 Å². The van der Waals surface area contributed by atoms with Crippen molar-refractivity contribution in [1.82, 2.24) is 0 Å². The van der Waals surface area contributed by atoms with E-state index >= 15 is 0 Å². The molecule has 12 heavy (non-hydrogen) atoms. The maximum atomic E-state index is 5.31. The normalized spacial score (nSPS) is 9.00. The van der Waals surface area contributed by atoms with Gasteiger partial charge in [-0.05, 0) is 6.07 Å². The van der Waals surface area contributed by atoms with Crippen molar-refractivity contribution in [3.8, 4) is 18.1 Å². The van der Waals surface area contributed by atoms with Crippen LogP contribution in [0.25, 0.3) is 0 Å². The first kappa shape index (κ1) is 9.15. The first-order valence-electron chi connectivity index (χ1n) is 3.58. The zero-order chi connectivity index (χ0) is 8.81. The fraction of sp³-hybridized carbons (Fsp3) is 0.200. The van der Waals surface area contributed by atoms with E-state index in [1.807, 2.05) is 24.3 Å². The zero-order valence-electron chi connectivity index (χ0n) is 6.59. The standard InChI is InChI=1S/C10H9BrO/c1-2-7-12-10-6-4-3-5-9(10)8-11/h1,3-6H,7-8H2. The molecular formula is C10H9BrO. The number of halogens is 1. The number of ether oxygens (including phenoxy) is 1. The lowest BCUT2D eigenvalue weighted by molar-refractivity contribution is 0.367. The lowest BCUT2D eigenvalue weighted by Crippen LogP contribution is -1.95. The van der Waals surface area contributed by atoms with Crippen molar-refractivity contribution >= 4 is 15.9 Å². The molecule has 0 heterocycles. The molecule has 0 bridgehead atoms. The van der Waals surface area contributed by atoms with Crippen LogP contribution in [-0.2, 0) is 5.33 Å². The monoisotopic (exact) mass is 224 g/mol. The number of hydrogen-bond donors (Lipinski definition) is 0. The average Bonchev–Trinajstić information content (AvgIpc) is 2.15. The van der Waals surface area contributed by atoms with Crippen LogP contribution in [0.3, 0.4) is 0 Å². The summed E-state index contributed by atoms with van der Waals surface area (Å²) in [4.78, 5) is 0. The molecule has 1 nitrogen and oxygen atoms in total. The molecule has 0 aliphatic carbocycles. The number of alkyl halides is 1. The highest BCUT2D eigenvalue weighted by molar-refractivity contribution is 9.08. The molecule has 1 aromatic rings. The molecular weight excluding hydrogens is 216 g/mol. The molecule has 0 spiro atoms. The molecule has 0 amide bonds.